The topological polar surface area (TPSA) is 50.8 Å². The second-order valence-corrected chi connectivity index (χ2v) is 6.36. The number of aryl methyl sites for hydroxylation is 2. The maximum Gasteiger partial charge on any atom is 0.208 e. The van der Waals surface area contributed by atoms with Crippen LogP contribution in [0.4, 0.5) is 0 Å². The highest BCUT2D eigenvalue weighted by Gasteiger charge is 2.27. The van der Waals surface area contributed by atoms with Crippen LogP contribution in [-0.4, -0.2) is 27.5 Å². The zero-order valence-electron chi connectivity index (χ0n) is 11.8. The standard InChI is InChI=1S/C15H19N3OS/c1-10-7-11(2)9-13(8-10)19-5-6-20-15-16-14(17-18-15)12-3-4-12/h7-9,12H,3-6H2,1-2H3,(H,16,17,18). The summed E-state index contributed by atoms with van der Waals surface area (Å²) in [7, 11) is 0. The van der Waals surface area contributed by atoms with E-state index >= 15 is 0 Å². The third-order valence-electron chi connectivity index (χ3n) is 3.22. The van der Waals surface area contributed by atoms with Gasteiger partial charge in [0, 0.05) is 11.7 Å². The number of nitrogens with one attached hydrogen (secondary N) is 1. The van der Waals surface area contributed by atoms with Crippen molar-refractivity contribution >= 4 is 11.8 Å². The Bertz CT molecular complexity index is 572. The molecule has 4 nitrogen and oxygen atoms in total. The molecule has 1 heterocycles. The van der Waals surface area contributed by atoms with Crippen molar-refractivity contribution in [2.75, 3.05) is 12.4 Å². The molecular weight excluding hydrogens is 270 g/mol. The molecule has 106 valence electrons. The highest BCUT2D eigenvalue weighted by Crippen LogP contribution is 2.38. The number of H-pyrrole nitrogens is 1. The van der Waals surface area contributed by atoms with Gasteiger partial charge in [-0.1, -0.05) is 17.8 Å². The molecule has 1 aromatic heterocycles. The lowest BCUT2D eigenvalue weighted by Crippen LogP contribution is -2.00. The predicted octanol–water partition coefficient (Wildman–Crippen LogP) is 3.47. The summed E-state index contributed by atoms with van der Waals surface area (Å²) >= 11 is 1.64. The molecule has 1 aliphatic rings. The summed E-state index contributed by atoms with van der Waals surface area (Å²) in [6.45, 7) is 4.84. The van der Waals surface area contributed by atoms with E-state index in [0.717, 1.165) is 22.5 Å². The lowest BCUT2D eigenvalue weighted by molar-refractivity contribution is 0.343. The van der Waals surface area contributed by atoms with Crippen LogP contribution < -0.4 is 4.74 Å². The van der Waals surface area contributed by atoms with Gasteiger partial charge in [-0.15, -0.1) is 5.10 Å². The van der Waals surface area contributed by atoms with E-state index in [2.05, 4.69) is 47.2 Å². The van der Waals surface area contributed by atoms with Gasteiger partial charge in [0.15, 0.2) is 0 Å². The van der Waals surface area contributed by atoms with Gasteiger partial charge in [0.2, 0.25) is 5.16 Å². The number of thioether (sulfide) groups is 1. The number of hydrogen-bond donors (Lipinski definition) is 1. The Balaban J connectivity index is 1.45. The number of rotatable bonds is 6. The normalized spacial score (nSPS) is 14.5. The quantitative estimate of drug-likeness (QED) is 0.653. The summed E-state index contributed by atoms with van der Waals surface area (Å²) in [6.07, 6.45) is 2.49. The maximum absolute atomic E-state index is 5.77. The summed E-state index contributed by atoms with van der Waals surface area (Å²) in [5.41, 5.74) is 2.46. The van der Waals surface area contributed by atoms with E-state index in [0.29, 0.717) is 12.5 Å². The third-order valence-corrected chi connectivity index (χ3v) is 4.04. The smallest absolute Gasteiger partial charge is 0.208 e. The molecule has 0 unspecified atom stereocenters. The molecule has 3 rings (SSSR count). The van der Waals surface area contributed by atoms with Crippen LogP contribution in [0.25, 0.3) is 0 Å². The van der Waals surface area contributed by atoms with E-state index in [1.165, 1.54) is 24.0 Å². The van der Waals surface area contributed by atoms with Crippen molar-refractivity contribution in [2.45, 2.75) is 37.8 Å². The minimum atomic E-state index is 0.628. The highest BCUT2D eigenvalue weighted by molar-refractivity contribution is 7.99. The molecule has 1 saturated carbocycles. The van der Waals surface area contributed by atoms with Gasteiger partial charge in [-0.2, -0.15) is 0 Å². The first-order valence-electron chi connectivity index (χ1n) is 6.97. The minimum absolute atomic E-state index is 0.628. The van der Waals surface area contributed by atoms with Crippen LogP contribution in [-0.2, 0) is 0 Å². The first kappa shape index (κ1) is 13.5. The van der Waals surface area contributed by atoms with Crippen molar-refractivity contribution in [2.24, 2.45) is 0 Å². The maximum atomic E-state index is 5.77. The highest BCUT2D eigenvalue weighted by atomic mass is 32.2. The molecular formula is C15H19N3OS. The van der Waals surface area contributed by atoms with Crippen molar-refractivity contribution in [3.05, 3.63) is 35.2 Å². The molecule has 0 spiro atoms. The van der Waals surface area contributed by atoms with E-state index < -0.39 is 0 Å². The van der Waals surface area contributed by atoms with Crippen molar-refractivity contribution < 1.29 is 4.74 Å². The monoisotopic (exact) mass is 289 g/mol. The molecule has 1 aliphatic carbocycles. The van der Waals surface area contributed by atoms with Gasteiger partial charge in [0.05, 0.1) is 6.61 Å². The fourth-order valence-electron chi connectivity index (χ4n) is 2.17. The van der Waals surface area contributed by atoms with E-state index in [1.807, 2.05) is 0 Å². The fraction of sp³-hybridized carbons (Fsp3) is 0.467. The molecule has 1 fully saturated rings. The Morgan fingerprint density at radius 1 is 1.25 bits per heavy atom. The van der Waals surface area contributed by atoms with E-state index in [1.54, 1.807) is 11.8 Å². The largest absolute Gasteiger partial charge is 0.493 e. The van der Waals surface area contributed by atoms with Gasteiger partial charge in [0.1, 0.15) is 11.6 Å². The van der Waals surface area contributed by atoms with Crippen molar-refractivity contribution in [1.82, 2.24) is 15.2 Å². The predicted molar refractivity (Wildman–Crippen MR) is 80.5 cm³/mol. The van der Waals surface area contributed by atoms with Gasteiger partial charge in [0.25, 0.3) is 0 Å². The zero-order valence-corrected chi connectivity index (χ0v) is 12.7. The lowest BCUT2D eigenvalue weighted by Gasteiger charge is -2.07. The Labute approximate surface area is 123 Å². The summed E-state index contributed by atoms with van der Waals surface area (Å²) < 4.78 is 5.77. The van der Waals surface area contributed by atoms with Gasteiger partial charge in [-0.05, 0) is 49.9 Å². The summed E-state index contributed by atoms with van der Waals surface area (Å²) in [5.74, 6) is 3.47. The molecule has 0 bridgehead atoms. The number of benzene rings is 1. The molecule has 20 heavy (non-hydrogen) atoms. The number of nitrogens with zero attached hydrogens (tertiary/aromatic N) is 2. The van der Waals surface area contributed by atoms with Gasteiger partial charge >= 0.3 is 0 Å². The molecule has 0 atom stereocenters. The second kappa shape index (κ2) is 5.87. The molecule has 2 aromatic rings. The third kappa shape index (κ3) is 3.54. The van der Waals surface area contributed by atoms with Crippen molar-refractivity contribution in [3.8, 4) is 5.75 Å². The van der Waals surface area contributed by atoms with E-state index in [-0.39, 0.29) is 0 Å². The molecule has 0 radical (unpaired) electrons. The van der Waals surface area contributed by atoms with Gasteiger partial charge in [-0.25, -0.2) is 4.98 Å². The van der Waals surface area contributed by atoms with Gasteiger partial charge in [-0.3, -0.25) is 5.10 Å². The van der Waals surface area contributed by atoms with Crippen LogP contribution in [0.1, 0.15) is 35.7 Å². The van der Waals surface area contributed by atoms with Crippen LogP contribution in [0, 0.1) is 13.8 Å². The van der Waals surface area contributed by atoms with Crippen LogP contribution in [0.5, 0.6) is 5.75 Å². The Morgan fingerprint density at radius 2 is 2.00 bits per heavy atom. The molecule has 1 N–H and O–H groups in total. The average molecular weight is 289 g/mol. The van der Waals surface area contributed by atoms with Crippen LogP contribution in [0.3, 0.4) is 0 Å². The number of aromatic nitrogens is 3. The van der Waals surface area contributed by atoms with Crippen LogP contribution in [0.2, 0.25) is 0 Å². The molecule has 0 amide bonds. The van der Waals surface area contributed by atoms with Gasteiger partial charge < -0.3 is 4.74 Å². The summed E-state index contributed by atoms with van der Waals surface area (Å²) in [5, 5.41) is 8.07. The minimum Gasteiger partial charge on any atom is -0.493 e. The van der Waals surface area contributed by atoms with Crippen LogP contribution in [0.15, 0.2) is 23.4 Å². The number of aromatic amines is 1. The SMILES string of the molecule is Cc1cc(C)cc(OCCSc2n[nH]c(C3CC3)n2)c1. The summed E-state index contributed by atoms with van der Waals surface area (Å²) in [4.78, 5) is 4.49. The molecule has 0 aliphatic heterocycles. The van der Waals surface area contributed by atoms with Crippen molar-refractivity contribution in [1.29, 1.82) is 0 Å². The molecule has 5 heteroatoms. The van der Waals surface area contributed by atoms with Crippen molar-refractivity contribution in [3.63, 3.8) is 0 Å². The number of hydrogen-bond acceptors (Lipinski definition) is 4. The Kier molecular flexibility index (Phi) is 3.96. The first-order chi connectivity index (χ1) is 9.70. The molecule has 0 saturated heterocycles. The molecule has 1 aromatic carbocycles. The van der Waals surface area contributed by atoms with Crippen LogP contribution >= 0.6 is 11.8 Å². The fourth-order valence-corrected chi connectivity index (χ4v) is 2.79. The first-order valence-corrected chi connectivity index (χ1v) is 7.95. The average Bonchev–Trinajstić information content (AvgIpc) is 3.14. The van der Waals surface area contributed by atoms with E-state index in [9.17, 15) is 0 Å². The summed E-state index contributed by atoms with van der Waals surface area (Å²) in [6, 6.07) is 6.28. The van der Waals surface area contributed by atoms with E-state index in [4.69, 9.17) is 4.74 Å². The zero-order chi connectivity index (χ0) is 13.9. The number of ether oxygens (including phenoxy) is 1. The second-order valence-electron chi connectivity index (χ2n) is 5.30. The Hall–Kier alpha value is -1.49. The Morgan fingerprint density at radius 3 is 2.70 bits per heavy atom. The lowest BCUT2D eigenvalue weighted by atomic mass is 10.1.